The molecule has 0 bridgehead atoms. The van der Waals surface area contributed by atoms with Crippen LogP contribution in [0.5, 0.6) is 0 Å². The first-order valence-corrected chi connectivity index (χ1v) is 8.43. The lowest BCUT2D eigenvalue weighted by Crippen LogP contribution is -2.47. The van der Waals surface area contributed by atoms with Gasteiger partial charge in [-0.25, -0.2) is 8.78 Å². The summed E-state index contributed by atoms with van der Waals surface area (Å²) in [5.41, 5.74) is -0.0355. The van der Waals surface area contributed by atoms with Crippen LogP contribution in [0.1, 0.15) is 30.4 Å². The molecule has 0 amide bonds. The van der Waals surface area contributed by atoms with Crippen LogP contribution < -0.4 is 0 Å². The van der Waals surface area contributed by atoms with Crippen LogP contribution >= 0.6 is 0 Å². The molecule has 0 radical (unpaired) electrons. The number of benzene rings is 2. The Kier molecular flexibility index (Phi) is 5.13. The van der Waals surface area contributed by atoms with Gasteiger partial charge in [-0.3, -0.25) is 9.69 Å². The van der Waals surface area contributed by atoms with E-state index in [2.05, 4.69) is 4.90 Å². The van der Waals surface area contributed by atoms with Crippen molar-refractivity contribution in [1.82, 2.24) is 4.90 Å². The van der Waals surface area contributed by atoms with E-state index in [1.165, 1.54) is 18.2 Å². The quantitative estimate of drug-likeness (QED) is 0.891. The van der Waals surface area contributed by atoms with Gasteiger partial charge in [-0.1, -0.05) is 36.4 Å². The number of aliphatic carboxylic acids is 1. The summed E-state index contributed by atoms with van der Waals surface area (Å²) in [5, 5.41) is 9.39. The van der Waals surface area contributed by atoms with Gasteiger partial charge in [0.05, 0.1) is 6.42 Å². The molecule has 25 heavy (non-hydrogen) atoms. The fourth-order valence-corrected chi connectivity index (χ4v) is 3.93. The SMILES string of the molecule is O=C(O)CC1(c2c(F)cccc2F)CCCN(Cc2ccccc2)C1. The Hall–Kier alpha value is -2.27. The Morgan fingerprint density at radius 3 is 2.40 bits per heavy atom. The van der Waals surface area contributed by atoms with E-state index in [0.29, 0.717) is 25.9 Å². The first-order valence-electron chi connectivity index (χ1n) is 8.43. The zero-order valence-electron chi connectivity index (χ0n) is 13.9. The van der Waals surface area contributed by atoms with Crippen molar-refractivity contribution in [2.75, 3.05) is 13.1 Å². The van der Waals surface area contributed by atoms with Gasteiger partial charge < -0.3 is 5.11 Å². The number of carboxylic acid groups (broad SMARTS) is 1. The number of rotatable bonds is 5. The third kappa shape index (κ3) is 3.87. The Morgan fingerprint density at radius 1 is 1.08 bits per heavy atom. The summed E-state index contributed by atoms with van der Waals surface area (Å²) in [7, 11) is 0. The van der Waals surface area contributed by atoms with Crippen LogP contribution in [0.15, 0.2) is 48.5 Å². The normalized spacial score (nSPS) is 21.2. The molecule has 0 spiro atoms. The van der Waals surface area contributed by atoms with Crippen LogP contribution in [0.4, 0.5) is 8.78 Å². The molecule has 1 heterocycles. The smallest absolute Gasteiger partial charge is 0.304 e. The lowest BCUT2D eigenvalue weighted by Gasteiger charge is -2.42. The van der Waals surface area contributed by atoms with Gasteiger partial charge >= 0.3 is 5.97 Å². The minimum Gasteiger partial charge on any atom is -0.481 e. The zero-order chi connectivity index (χ0) is 17.9. The number of carbonyl (C=O) groups is 1. The molecule has 3 rings (SSSR count). The summed E-state index contributed by atoms with van der Waals surface area (Å²) < 4.78 is 28.9. The Labute approximate surface area is 145 Å². The maximum atomic E-state index is 14.4. The molecule has 1 aliphatic rings. The molecule has 2 aromatic rings. The second-order valence-electron chi connectivity index (χ2n) is 6.75. The molecular formula is C20H21F2NO2. The first-order chi connectivity index (χ1) is 12.0. The van der Waals surface area contributed by atoms with E-state index in [0.717, 1.165) is 12.1 Å². The Balaban J connectivity index is 1.93. The molecule has 0 aliphatic carbocycles. The number of carboxylic acids is 1. The van der Waals surface area contributed by atoms with E-state index >= 15 is 0 Å². The summed E-state index contributed by atoms with van der Waals surface area (Å²) in [6.45, 7) is 1.75. The van der Waals surface area contributed by atoms with E-state index in [9.17, 15) is 18.7 Å². The fraction of sp³-hybridized carbons (Fsp3) is 0.350. The highest BCUT2D eigenvalue weighted by Crippen LogP contribution is 2.40. The van der Waals surface area contributed by atoms with Crippen molar-refractivity contribution in [1.29, 1.82) is 0 Å². The van der Waals surface area contributed by atoms with Gasteiger partial charge in [0, 0.05) is 24.1 Å². The van der Waals surface area contributed by atoms with Crippen molar-refractivity contribution in [2.24, 2.45) is 0 Å². The minimum absolute atomic E-state index is 0.0878. The van der Waals surface area contributed by atoms with Crippen LogP contribution in [0.3, 0.4) is 0 Å². The van der Waals surface area contributed by atoms with Gasteiger partial charge in [-0.05, 0) is 37.1 Å². The van der Waals surface area contributed by atoms with E-state index in [1.54, 1.807) is 0 Å². The highest BCUT2D eigenvalue weighted by atomic mass is 19.1. The van der Waals surface area contributed by atoms with Gasteiger partial charge in [-0.15, -0.1) is 0 Å². The predicted octanol–water partition coefficient (Wildman–Crippen LogP) is 3.97. The molecule has 1 aliphatic heterocycles. The molecule has 1 N–H and O–H groups in total. The zero-order valence-corrected chi connectivity index (χ0v) is 13.9. The van der Waals surface area contributed by atoms with E-state index in [1.807, 2.05) is 30.3 Å². The predicted molar refractivity (Wildman–Crippen MR) is 91.2 cm³/mol. The molecule has 0 saturated carbocycles. The van der Waals surface area contributed by atoms with E-state index in [4.69, 9.17) is 0 Å². The number of likely N-dealkylation sites (tertiary alicyclic amines) is 1. The standard InChI is InChI=1S/C20H21F2NO2/c21-16-8-4-9-17(22)19(16)20(12-18(24)25)10-5-11-23(14-20)13-15-6-2-1-3-7-15/h1-4,6-9H,5,10-14H2,(H,24,25). The number of halogens is 2. The molecule has 1 unspecified atom stereocenters. The van der Waals surface area contributed by atoms with E-state index in [-0.39, 0.29) is 12.0 Å². The summed E-state index contributed by atoms with van der Waals surface area (Å²) in [6, 6.07) is 13.5. The number of hydrogen-bond donors (Lipinski definition) is 1. The molecule has 1 atom stereocenters. The summed E-state index contributed by atoms with van der Waals surface area (Å²) in [4.78, 5) is 13.6. The van der Waals surface area contributed by atoms with E-state index < -0.39 is 23.0 Å². The van der Waals surface area contributed by atoms with Crippen LogP contribution in [0.25, 0.3) is 0 Å². The van der Waals surface area contributed by atoms with Gasteiger partial charge in [0.15, 0.2) is 0 Å². The molecule has 2 aromatic carbocycles. The number of nitrogens with zero attached hydrogens (tertiary/aromatic N) is 1. The monoisotopic (exact) mass is 345 g/mol. The largest absolute Gasteiger partial charge is 0.481 e. The first kappa shape index (κ1) is 17.5. The lowest BCUT2D eigenvalue weighted by molar-refractivity contribution is -0.139. The molecular weight excluding hydrogens is 324 g/mol. The van der Waals surface area contributed by atoms with Crippen molar-refractivity contribution in [3.05, 3.63) is 71.3 Å². The highest BCUT2D eigenvalue weighted by Gasteiger charge is 2.42. The average Bonchev–Trinajstić information content (AvgIpc) is 2.55. The maximum Gasteiger partial charge on any atom is 0.304 e. The average molecular weight is 345 g/mol. The van der Waals surface area contributed by atoms with Crippen LogP contribution in [0.2, 0.25) is 0 Å². The Morgan fingerprint density at radius 2 is 1.76 bits per heavy atom. The molecule has 5 heteroatoms. The van der Waals surface area contributed by atoms with Crippen molar-refractivity contribution in [3.8, 4) is 0 Å². The topological polar surface area (TPSA) is 40.5 Å². The van der Waals surface area contributed by atoms with Gasteiger partial charge in [-0.2, -0.15) is 0 Å². The molecule has 0 aromatic heterocycles. The van der Waals surface area contributed by atoms with Crippen LogP contribution in [0, 0.1) is 11.6 Å². The van der Waals surface area contributed by atoms with Crippen molar-refractivity contribution >= 4 is 5.97 Å². The minimum atomic E-state index is -1.05. The number of hydrogen-bond acceptors (Lipinski definition) is 2. The van der Waals surface area contributed by atoms with Crippen molar-refractivity contribution in [2.45, 2.75) is 31.2 Å². The Bertz CT molecular complexity index is 730. The lowest BCUT2D eigenvalue weighted by atomic mass is 9.71. The third-order valence-electron chi connectivity index (χ3n) is 4.89. The second kappa shape index (κ2) is 7.31. The van der Waals surface area contributed by atoms with Gasteiger partial charge in [0.2, 0.25) is 0 Å². The molecule has 3 nitrogen and oxygen atoms in total. The highest BCUT2D eigenvalue weighted by molar-refractivity contribution is 5.69. The maximum absolute atomic E-state index is 14.4. The molecule has 1 fully saturated rings. The molecule has 1 saturated heterocycles. The third-order valence-corrected chi connectivity index (χ3v) is 4.89. The summed E-state index contributed by atoms with van der Waals surface area (Å²) in [6.07, 6.45) is 0.881. The summed E-state index contributed by atoms with van der Waals surface area (Å²) >= 11 is 0. The van der Waals surface area contributed by atoms with Gasteiger partial charge in [0.25, 0.3) is 0 Å². The number of piperidine rings is 1. The second-order valence-corrected chi connectivity index (χ2v) is 6.75. The molecule has 132 valence electrons. The van der Waals surface area contributed by atoms with Crippen molar-refractivity contribution in [3.63, 3.8) is 0 Å². The van der Waals surface area contributed by atoms with Crippen molar-refractivity contribution < 1.29 is 18.7 Å². The van der Waals surface area contributed by atoms with Gasteiger partial charge in [0.1, 0.15) is 11.6 Å². The van der Waals surface area contributed by atoms with Crippen LogP contribution in [-0.4, -0.2) is 29.1 Å². The summed E-state index contributed by atoms with van der Waals surface area (Å²) in [5.74, 6) is -2.37. The fourth-order valence-electron chi connectivity index (χ4n) is 3.93. The van der Waals surface area contributed by atoms with Crippen LogP contribution in [-0.2, 0) is 16.8 Å².